The van der Waals surface area contributed by atoms with Gasteiger partial charge in [-0.25, -0.2) is 4.39 Å². The lowest BCUT2D eigenvalue weighted by molar-refractivity contribution is 0.0986. The number of carbonyl (C=O) groups excluding carboxylic acids is 1. The molecular weight excluding hydrogens is 257 g/mol. The molecule has 2 N–H and O–H groups in total. The third-order valence-electron chi connectivity index (χ3n) is 2.83. The number of nitrogens with two attached hydrogens (primary N) is 1. The Balaban J connectivity index is 2.35. The van der Waals surface area contributed by atoms with E-state index in [0.29, 0.717) is 17.9 Å². The number of pyridine rings is 1. The molecule has 0 saturated heterocycles. The molecule has 1 amide bonds. The molecule has 104 valence electrons. The van der Waals surface area contributed by atoms with Crippen molar-refractivity contribution in [3.8, 4) is 0 Å². The standard InChI is InChI=1S/C15H16FN3O/c1-2-6-19(14-5-3-4-13(17)8-14)15(20)11-7-12(16)10-18-9-11/h3-5,7-10H,2,6,17H2,1H3. The summed E-state index contributed by atoms with van der Waals surface area (Å²) in [4.78, 5) is 17.8. The predicted molar refractivity (Wildman–Crippen MR) is 77.0 cm³/mol. The van der Waals surface area contributed by atoms with Crippen LogP contribution in [0.25, 0.3) is 0 Å². The first-order chi connectivity index (χ1) is 9.61. The smallest absolute Gasteiger partial charge is 0.259 e. The number of nitrogens with zero attached hydrogens (tertiary/aromatic N) is 2. The second kappa shape index (κ2) is 6.14. The van der Waals surface area contributed by atoms with E-state index in [1.54, 1.807) is 29.2 Å². The fraction of sp³-hybridized carbons (Fsp3) is 0.200. The number of anilines is 2. The van der Waals surface area contributed by atoms with Gasteiger partial charge in [-0.05, 0) is 30.7 Å². The highest BCUT2D eigenvalue weighted by molar-refractivity contribution is 6.06. The molecule has 0 fully saturated rings. The normalized spacial score (nSPS) is 10.3. The topological polar surface area (TPSA) is 59.2 Å². The Labute approximate surface area is 117 Å². The molecule has 0 bridgehead atoms. The predicted octanol–water partition coefficient (Wildman–Crippen LogP) is 2.86. The first kappa shape index (κ1) is 14.0. The Hall–Kier alpha value is -2.43. The van der Waals surface area contributed by atoms with Crippen molar-refractivity contribution < 1.29 is 9.18 Å². The molecule has 4 nitrogen and oxygen atoms in total. The minimum absolute atomic E-state index is 0.223. The summed E-state index contributed by atoms with van der Waals surface area (Å²) in [5, 5.41) is 0. The molecule has 0 atom stereocenters. The van der Waals surface area contributed by atoms with Gasteiger partial charge in [0.25, 0.3) is 5.91 Å². The van der Waals surface area contributed by atoms with Crippen molar-refractivity contribution in [2.75, 3.05) is 17.2 Å². The molecule has 1 aromatic carbocycles. The molecule has 0 unspecified atom stereocenters. The molecular formula is C15H16FN3O. The third kappa shape index (κ3) is 3.12. The zero-order valence-electron chi connectivity index (χ0n) is 11.2. The zero-order chi connectivity index (χ0) is 14.5. The summed E-state index contributed by atoms with van der Waals surface area (Å²) in [5.41, 5.74) is 7.24. The van der Waals surface area contributed by atoms with Gasteiger partial charge in [0.2, 0.25) is 0 Å². The number of rotatable bonds is 4. The van der Waals surface area contributed by atoms with E-state index in [9.17, 15) is 9.18 Å². The van der Waals surface area contributed by atoms with Gasteiger partial charge in [-0.3, -0.25) is 9.78 Å². The van der Waals surface area contributed by atoms with Crippen molar-refractivity contribution in [2.24, 2.45) is 0 Å². The van der Waals surface area contributed by atoms with Crippen LogP contribution in [0.15, 0.2) is 42.7 Å². The van der Waals surface area contributed by atoms with Gasteiger partial charge in [-0.1, -0.05) is 13.0 Å². The summed E-state index contributed by atoms with van der Waals surface area (Å²) >= 11 is 0. The number of hydrogen-bond donors (Lipinski definition) is 1. The van der Waals surface area contributed by atoms with Crippen LogP contribution in [0.5, 0.6) is 0 Å². The summed E-state index contributed by atoms with van der Waals surface area (Å²) in [5.74, 6) is -0.815. The van der Waals surface area contributed by atoms with Crippen LogP contribution in [0.2, 0.25) is 0 Å². The number of carbonyl (C=O) groups is 1. The minimum atomic E-state index is -0.528. The fourth-order valence-electron chi connectivity index (χ4n) is 1.95. The highest BCUT2D eigenvalue weighted by atomic mass is 19.1. The molecule has 0 spiro atoms. The maximum atomic E-state index is 13.2. The Morgan fingerprint density at radius 3 is 2.80 bits per heavy atom. The van der Waals surface area contributed by atoms with E-state index in [4.69, 9.17) is 5.73 Å². The molecule has 0 aliphatic heterocycles. The highest BCUT2D eigenvalue weighted by Gasteiger charge is 2.18. The summed E-state index contributed by atoms with van der Waals surface area (Å²) in [6.45, 7) is 2.50. The first-order valence-electron chi connectivity index (χ1n) is 6.39. The first-order valence-corrected chi connectivity index (χ1v) is 6.39. The van der Waals surface area contributed by atoms with E-state index in [2.05, 4.69) is 4.98 Å². The van der Waals surface area contributed by atoms with E-state index >= 15 is 0 Å². The van der Waals surface area contributed by atoms with E-state index in [0.717, 1.165) is 12.6 Å². The van der Waals surface area contributed by atoms with Crippen LogP contribution in [-0.2, 0) is 0 Å². The lowest BCUT2D eigenvalue weighted by atomic mass is 10.2. The van der Waals surface area contributed by atoms with Crippen LogP contribution in [0, 0.1) is 5.82 Å². The van der Waals surface area contributed by atoms with Crippen molar-refractivity contribution in [2.45, 2.75) is 13.3 Å². The molecule has 0 radical (unpaired) electrons. The molecule has 0 saturated carbocycles. The number of aromatic nitrogens is 1. The third-order valence-corrected chi connectivity index (χ3v) is 2.83. The summed E-state index contributed by atoms with van der Waals surface area (Å²) in [6, 6.07) is 8.24. The number of amides is 1. The fourth-order valence-corrected chi connectivity index (χ4v) is 1.95. The minimum Gasteiger partial charge on any atom is -0.399 e. The van der Waals surface area contributed by atoms with Gasteiger partial charge in [-0.15, -0.1) is 0 Å². The summed E-state index contributed by atoms with van der Waals surface area (Å²) in [7, 11) is 0. The van der Waals surface area contributed by atoms with E-state index in [-0.39, 0.29) is 11.5 Å². The van der Waals surface area contributed by atoms with Crippen molar-refractivity contribution in [3.63, 3.8) is 0 Å². The van der Waals surface area contributed by atoms with Crippen LogP contribution >= 0.6 is 0 Å². The van der Waals surface area contributed by atoms with Crippen molar-refractivity contribution >= 4 is 17.3 Å². The maximum absolute atomic E-state index is 13.2. The van der Waals surface area contributed by atoms with E-state index in [1.807, 2.05) is 6.92 Å². The van der Waals surface area contributed by atoms with Gasteiger partial charge in [0.05, 0.1) is 11.8 Å². The molecule has 0 aliphatic carbocycles. The monoisotopic (exact) mass is 273 g/mol. The second-order valence-electron chi connectivity index (χ2n) is 4.44. The van der Waals surface area contributed by atoms with Gasteiger partial charge in [-0.2, -0.15) is 0 Å². The molecule has 5 heteroatoms. The van der Waals surface area contributed by atoms with Gasteiger partial charge in [0.15, 0.2) is 0 Å². The van der Waals surface area contributed by atoms with Gasteiger partial charge in [0.1, 0.15) is 5.82 Å². The lowest BCUT2D eigenvalue weighted by Crippen LogP contribution is -2.31. The van der Waals surface area contributed by atoms with Crippen LogP contribution in [0.3, 0.4) is 0 Å². The average Bonchev–Trinajstić information content (AvgIpc) is 2.44. The quantitative estimate of drug-likeness (QED) is 0.871. The number of hydrogen-bond acceptors (Lipinski definition) is 3. The van der Waals surface area contributed by atoms with Gasteiger partial charge < -0.3 is 10.6 Å². The zero-order valence-corrected chi connectivity index (χ0v) is 11.2. The van der Waals surface area contributed by atoms with Gasteiger partial charge in [0, 0.05) is 24.1 Å². The van der Waals surface area contributed by atoms with Crippen LogP contribution in [0.4, 0.5) is 15.8 Å². The molecule has 0 aliphatic rings. The molecule has 1 aromatic heterocycles. The Bertz CT molecular complexity index is 616. The van der Waals surface area contributed by atoms with Crippen molar-refractivity contribution in [1.82, 2.24) is 4.98 Å². The molecule has 2 rings (SSSR count). The highest BCUT2D eigenvalue weighted by Crippen LogP contribution is 2.20. The Morgan fingerprint density at radius 1 is 1.35 bits per heavy atom. The average molecular weight is 273 g/mol. The number of halogens is 1. The Morgan fingerprint density at radius 2 is 2.15 bits per heavy atom. The van der Waals surface area contributed by atoms with Crippen LogP contribution < -0.4 is 10.6 Å². The molecule has 1 heterocycles. The van der Waals surface area contributed by atoms with Gasteiger partial charge >= 0.3 is 0 Å². The maximum Gasteiger partial charge on any atom is 0.259 e. The van der Waals surface area contributed by atoms with Crippen LogP contribution in [0.1, 0.15) is 23.7 Å². The number of nitrogen functional groups attached to an aromatic ring is 1. The lowest BCUT2D eigenvalue weighted by Gasteiger charge is -2.22. The summed E-state index contributed by atoms with van der Waals surface area (Å²) < 4.78 is 13.2. The van der Waals surface area contributed by atoms with E-state index in [1.165, 1.54) is 12.3 Å². The van der Waals surface area contributed by atoms with Crippen molar-refractivity contribution in [3.05, 3.63) is 54.1 Å². The van der Waals surface area contributed by atoms with E-state index < -0.39 is 5.82 Å². The number of benzene rings is 1. The second-order valence-corrected chi connectivity index (χ2v) is 4.44. The Kier molecular flexibility index (Phi) is 4.30. The summed E-state index contributed by atoms with van der Waals surface area (Å²) in [6.07, 6.45) is 3.21. The molecule has 20 heavy (non-hydrogen) atoms. The van der Waals surface area contributed by atoms with Crippen LogP contribution in [-0.4, -0.2) is 17.4 Å². The molecule has 2 aromatic rings. The van der Waals surface area contributed by atoms with Crippen molar-refractivity contribution in [1.29, 1.82) is 0 Å². The SMILES string of the molecule is CCCN(C(=O)c1cncc(F)c1)c1cccc(N)c1. The largest absolute Gasteiger partial charge is 0.399 e.